The molecule has 0 spiro atoms. The molecule has 214 valence electrons. The lowest BCUT2D eigenvalue weighted by molar-refractivity contribution is -0.132. The molecule has 0 aliphatic carbocycles. The van der Waals surface area contributed by atoms with Crippen LogP contribution in [0.4, 0.5) is 27.7 Å². The number of amides is 2. The first kappa shape index (κ1) is 30.7. The molecule has 10 nitrogen and oxygen atoms in total. The quantitative estimate of drug-likeness (QED) is 0.240. The maximum atomic E-state index is 13.5. The first-order valence-corrected chi connectivity index (χ1v) is 13.2. The van der Waals surface area contributed by atoms with Crippen molar-refractivity contribution >= 4 is 35.1 Å². The Bertz CT molecular complexity index is 1450. The molecule has 0 aliphatic heterocycles. The number of likely N-dealkylation sites (N-methyl/N-ethyl adjacent to an activating group) is 2. The van der Waals surface area contributed by atoms with Gasteiger partial charge in [-0.05, 0) is 63.7 Å². The van der Waals surface area contributed by atoms with Gasteiger partial charge in [0.25, 0.3) is 0 Å². The normalized spacial score (nSPS) is 11.5. The summed E-state index contributed by atoms with van der Waals surface area (Å²) in [7, 11) is 5.38. The molecule has 0 radical (unpaired) electrons. The summed E-state index contributed by atoms with van der Waals surface area (Å²) in [6.45, 7) is 4.97. The topological polar surface area (TPSA) is 115 Å². The zero-order chi connectivity index (χ0) is 29.8. The van der Waals surface area contributed by atoms with E-state index in [1.807, 2.05) is 25.9 Å². The first-order valence-electron chi connectivity index (χ1n) is 13.2. The summed E-state index contributed by atoms with van der Waals surface area (Å²) in [4.78, 5) is 41.7. The zero-order valence-corrected chi connectivity index (χ0v) is 23.9. The van der Waals surface area contributed by atoms with Crippen molar-refractivity contribution in [3.05, 3.63) is 77.9 Å². The summed E-state index contributed by atoms with van der Waals surface area (Å²) in [6.07, 6.45) is 5.65. The Hall–Kier alpha value is -4.82. The van der Waals surface area contributed by atoms with Crippen molar-refractivity contribution < 1.29 is 14.0 Å². The molecule has 0 saturated heterocycles. The Kier molecular flexibility index (Phi) is 11.3. The van der Waals surface area contributed by atoms with Crippen molar-refractivity contribution in [2.75, 3.05) is 50.2 Å². The van der Waals surface area contributed by atoms with E-state index in [0.29, 0.717) is 47.6 Å². The summed E-state index contributed by atoms with van der Waals surface area (Å²) < 4.78 is 13.5. The second-order valence-corrected chi connectivity index (χ2v) is 9.46. The molecule has 0 bridgehead atoms. The maximum absolute atomic E-state index is 13.5. The summed E-state index contributed by atoms with van der Waals surface area (Å²) >= 11 is 0. The number of halogens is 1. The standard InChI is InChI=1S/C30H35FN8O2/c1-6-17-32-28-22(20-33-30(37-28)35-25-12-7-10-23(31)19-25)15-16-24-11-8-13-26(34-24)36-29(41)21(2)39(5)27(40)14-9-18-38(3)4/h7-14,19-21H,6,17-18H2,1-5H3,(H,34,36,41)(H2,32,33,35,37)/t21-/m0/s1. The van der Waals surface area contributed by atoms with Crippen LogP contribution < -0.4 is 16.0 Å². The molecule has 2 heterocycles. The third kappa shape index (κ3) is 9.70. The van der Waals surface area contributed by atoms with Crippen LogP contribution >= 0.6 is 0 Å². The smallest absolute Gasteiger partial charge is 0.248 e. The largest absolute Gasteiger partial charge is 0.369 e. The van der Waals surface area contributed by atoms with Gasteiger partial charge >= 0.3 is 0 Å². The second kappa shape index (κ2) is 15.1. The number of anilines is 4. The molecule has 0 unspecified atom stereocenters. The number of benzene rings is 1. The van der Waals surface area contributed by atoms with Gasteiger partial charge in [0.15, 0.2) is 0 Å². The Labute approximate surface area is 240 Å². The fourth-order valence-corrected chi connectivity index (χ4v) is 3.39. The van der Waals surface area contributed by atoms with E-state index < -0.39 is 6.04 Å². The maximum Gasteiger partial charge on any atom is 0.248 e. The van der Waals surface area contributed by atoms with E-state index in [9.17, 15) is 14.0 Å². The predicted octanol–water partition coefficient (Wildman–Crippen LogP) is 3.88. The molecule has 1 atom stereocenters. The van der Waals surface area contributed by atoms with E-state index in [2.05, 4.69) is 42.7 Å². The Morgan fingerprint density at radius 2 is 1.88 bits per heavy atom. The van der Waals surface area contributed by atoms with E-state index in [1.165, 1.54) is 23.1 Å². The molecule has 2 aromatic heterocycles. The average Bonchev–Trinajstić information content (AvgIpc) is 2.94. The van der Waals surface area contributed by atoms with Crippen molar-refractivity contribution in [2.45, 2.75) is 26.3 Å². The minimum atomic E-state index is -0.716. The minimum absolute atomic E-state index is 0.270. The van der Waals surface area contributed by atoms with E-state index in [4.69, 9.17) is 0 Å². The lowest BCUT2D eigenvalue weighted by atomic mass is 10.2. The molecule has 41 heavy (non-hydrogen) atoms. The Morgan fingerprint density at radius 3 is 2.61 bits per heavy atom. The average molecular weight is 559 g/mol. The van der Waals surface area contributed by atoms with Crippen LogP contribution in [-0.2, 0) is 9.59 Å². The number of nitrogens with one attached hydrogen (secondary N) is 3. The molecule has 3 aromatic rings. The number of hydrogen-bond donors (Lipinski definition) is 3. The third-order valence-corrected chi connectivity index (χ3v) is 5.78. The van der Waals surface area contributed by atoms with Crippen LogP contribution in [0.5, 0.6) is 0 Å². The van der Waals surface area contributed by atoms with Gasteiger partial charge in [-0.3, -0.25) is 9.59 Å². The van der Waals surface area contributed by atoms with Gasteiger partial charge in [0.1, 0.15) is 29.2 Å². The van der Waals surface area contributed by atoms with Crippen LogP contribution in [0.2, 0.25) is 0 Å². The van der Waals surface area contributed by atoms with Crippen molar-refractivity contribution in [1.82, 2.24) is 24.8 Å². The molecule has 0 fully saturated rings. The molecule has 3 rings (SSSR count). The Balaban J connectivity index is 1.72. The highest BCUT2D eigenvalue weighted by Gasteiger charge is 2.21. The highest BCUT2D eigenvalue weighted by atomic mass is 19.1. The fraction of sp³-hybridized carbons (Fsp3) is 0.300. The van der Waals surface area contributed by atoms with Gasteiger partial charge in [0, 0.05) is 31.9 Å². The zero-order valence-electron chi connectivity index (χ0n) is 23.9. The number of nitrogens with zero attached hydrogens (tertiary/aromatic N) is 5. The van der Waals surface area contributed by atoms with Crippen LogP contribution in [0.3, 0.4) is 0 Å². The molecular weight excluding hydrogens is 523 g/mol. The van der Waals surface area contributed by atoms with Crippen molar-refractivity contribution in [1.29, 1.82) is 0 Å². The van der Waals surface area contributed by atoms with Gasteiger partial charge in [-0.25, -0.2) is 14.4 Å². The number of aromatic nitrogens is 3. The van der Waals surface area contributed by atoms with Crippen LogP contribution in [0, 0.1) is 17.7 Å². The molecule has 3 N–H and O–H groups in total. The van der Waals surface area contributed by atoms with E-state index in [0.717, 1.165) is 6.42 Å². The van der Waals surface area contributed by atoms with Crippen LogP contribution in [0.1, 0.15) is 31.5 Å². The summed E-state index contributed by atoms with van der Waals surface area (Å²) in [5.41, 5.74) is 1.50. The van der Waals surface area contributed by atoms with Crippen LogP contribution in [-0.4, -0.2) is 76.8 Å². The van der Waals surface area contributed by atoms with Crippen molar-refractivity contribution in [3.63, 3.8) is 0 Å². The number of pyridine rings is 1. The Morgan fingerprint density at radius 1 is 1.10 bits per heavy atom. The number of carbonyl (C=O) groups excluding carboxylic acids is 2. The molecule has 0 aliphatic rings. The van der Waals surface area contributed by atoms with E-state index in [1.54, 1.807) is 56.6 Å². The fourth-order valence-electron chi connectivity index (χ4n) is 3.39. The summed E-state index contributed by atoms with van der Waals surface area (Å²) in [5, 5.41) is 8.98. The van der Waals surface area contributed by atoms with Gasteiger partial charge in [-0.1, -0.05) is 31.1 Å². The number of carbonyl (C=O) groups is 2. The molecule has 0 saturated carbocycles. The number of rotatable bonds is 11. The predicted molar refractivity (Wildman–Crippen MR) is 159 cm³/mol. The monoisotopic (exact) mass is 558 g/mol. The van der Waals surface area contributed by atoms with E-state index >= 15 is 0 Å². The molecular formula is C30H35FN8O2. The highest BCUT2D eigenvalue weighted by molar-refractivity contribution is 5.98. The summed E-state index contributed by atoms with van der Waals surface area (Å²) in [6, 6.07) is 10.4. The highest BCUT2D eigenvalue weighted by Crippen LogP contribution is 2.18. The molecule has 11 heteroatoms. The van der Waals surface area contributed by atoms with Gasteiger partial charge in [-0.15, -0.1) is 0 Å². The van der Waals surface area contributed by atoms with Crippen LogP contribution in [0.15, 0.2) is 60.8 Å². The summed E-state index contributed by atoms with van der Waals surface area (Å²) in [5.74, 6) is 6.16. The third-order valence-electron chi connectivity index (χ3n) is 5.78. The lowest BCUT2D eigenvalue weighted by Gasteiger charge is -2.22. The lowest BCUT2D eigenvalue weighted by Crippen LogP contribution is -2.42. The number of hydrogen-bond acceptors (Lipinski definition) is 8. The van der Waals surface area contributed by atoms with Gasteiger partial charge in [0.2, 0.25) is 17.8 Å². The van der Waals surface area contributed by atoms with Gasteiger partial charge in [0.05, 0.1) is 11.8 Å². The van der Waals surface area contributed by atoms with Crippen molar-refractivity contribution in [3.8, 4) is 11.8 Å². The first-order chi connectivity index (χ1) is 19.7. The molecule has 2 amide bonds. The SMILES string of the molecule is CCCNc1nc(Nc2cccc(F)c2)ncc1C#Cc1cccc(NC(=O)[C@H](C)N(C)C(=O)C=CCN(C)C)n1. The van der Waals surface area contributed by atoms with E-state index in [-0.39, 0.29) is 17.6 Å². The van der Waals surface area contributed by atoms with Gasteiger partial charge in [-0.2, -0.15) is 4.98 Å². The minimum Gasteiger partial charge on any atom is -0.369 e. The van der Waals surface area contributed by atoms with Crippen LogP contribution in [0.25, 0.3) is 0 Å². The van der Waals surface area contributed by atoms with Gasteiger partial charge < -0.3 is 25.8 Å². The van der Waals surface area contributed by atoms with Crippen molar-refractivity contribution in [2.24, 2.45) is 0 Å². The molecule has 1 aromatic carbocycles. The second-order valence-electron chi connectivity index (χ2n) is 9.46.